The van der Waals surface area contributed by atoms with E-state index >= 15 is 0 Å². The number of nitrogens with two attached hydrogens (primary N) is 1. The number of carbonyl (C=O) groups excluding carboxylic acids is 4. The number of fused-ring (bicyclic) bond motifs is 1. The largest absolute Gasteiger partial charge is 0.465 e. The fourth-order valence-corrected chi connectivity index (χ4v) is 2.50. The molecule has 2 heterocycles. The molecular formula is C13H15N3O6. The van der Waals surface area contributed by atoms with Crippen molar-refractivity contribution in [3.63, 3.8) is 0 Å². The molecule has 1 aromatic rings. The standard InChI is InChI=1S/C13H15N3O6/c1-4-22-12(19)10-7-5-8(17)16(13(14)20)15(7)6(2)9(10)11(18)21-3/h4-5H2,1-3H3,(H2,14,20). The Kier molecular flexibility index (Phi) is 3.89. The molecule has 2 N–H and O–H groups in total. The van der Waals surface area contributed by atoms with E-state index in [1.165, 1.54) is 6.92 Å². The smallest absolute Gasteiger partial charge is 0.341 e. The predicted octanol–water partition coefficient (Wildman–Crippen LogP) is -0.141. The fourth-order valence-electron chi connectivity index (χ4n) is 2.50. The van der Waals surface area contributed by atoms with Crippen molar-refractivity contribution in [3.05, 3.63) is 22.5 Å². The molecule has 0 radical (unpaired) electrons. The van der Waals surface area contributed by atoms with Crippen LogP contribution in [0.5, 0.6) is 0 Å². The summed E-state index contributed by atoms with van der Waals surface area (Å²) in [7, 11) is 1.16. The Hall–Kier alpha value is -2.84. The van der Waals surface area contributed by atoms with Crippen molar-refractivity contribution in [3.8, 4) is 0 Å². The molecule has 0 bridgehead atoms. The first kappa shape index (κ1) is 15.5. The monoisotopic (exact) mass is 309 g/mol. The molecule has 118 valence electrons. The highest BCUT2D eigenvalue weighted by Gasteiger charge is 2.41. The molecule has 0 fully saturated rings. The fraction of sp³-hybridized carbons (Fsp3) is 0.385. The van der Waals surface area contributed by atoms with Crippen molar-refractivity contribution in [2.24, 2.45) is 5.73 Å². The third kappa shape index (κ3) is 2.10. The van der Waals surface area contributed by atoms with Gasteiger partial charge in [-0.25, -0.2) is 19.1 Å². The van der Waals surface area contributed by atoms with E-state index in [2.05, 4.69) is 4.74 Å². The Morgan fingerprint density at radius 3 is 2.36 bits per heavy atom. The van der Waals surface area contributed by atoms with Gasteiger partial charge in [0.05, 0.1) is 42.7 Å². The molecule has 2 rings (SSSR count). The van der Waals surface area contributed by atoms with Crippen LogP contribution in [0.25, 0.3) is 0 Å². The summed E-state index contributed by atoms with van der Waals surface area (Å²) in [5.41, 5.74) is 5.44. The van der Waals surface area contributed by atoms with Crippen molar-refractivity contribution < 1.29 is 28.7 Å². The number of esters is 2. The number of carbonyl (C=O) groups is 4. The molecule has 0 unspecified atom stereocenters. The number of nitrogens with zero attached hydrogens (tertiary/aromatic N) is 2. The summed E-state index contributed by atoms with van der Waals surface area (Å²) in [6, 6.07) is -1.01. The maximum Gasteiger partial charge on any atom is 0.341 e. The number of imide groups is 1. The number of rotatable bonds is 3. The van der Waals surface area contributed by atoms with E-state index < -0.39 is 23.9 Å². The molecule has 1 aromatic heterocycles. The summed E-state index contributed by atoms with van der Waals surface area (Å²) in [5.74, 6) is -2.12. The summed E-state index contributed by atoms with van der Waals surface area (Å²) >= 11 is 0. The predicted molar refractivity (Wildman–Crippen MR) is 73.0 cm³/mol. The Balaban J connectivity index is 2.73. The molecule has 3 amide bonds. The van der Waals surface area contributed by atoms with Crippen LogP contribution in [0.1, 0.15) is 39.0 Å². The van der Waals surface area contributed by atoms with E-state index in [1.807, 2.05) is 0 Å². The van der Waals surface area contributed by atoms with Crippen molar-refractivity contribution in [2.45, 2.75) is 20.3 Å². The molecule has 0 spiro atoms. The molecule has 22 heavy (non-hydrogen) atoms. The van der Waals surface area contributed by atoms with Crippen LogP contribution in [0.4, 0.5) is 4.79 Å². The first-order valence-corrected chi connectivity index (χ1v) is 6.47. The molecule has 1 aliphatic rings. The summed E-state index contributed by atoms with van der Waals surface area (Å²) < 4.78 is 10.7. The molecular weight excluding hydrogens is 294 g/mol. The van der Waals surface area contributed by atoms with Crippen LogP contribution in [0.15, 0.2) is 0 Å². The summed E-state index contributed by atoms with van der Waals surface area (Å²) in [6.45, 7) is 3.18. The summed E-state index contributed by atoms with van der Waals surface area (Å²) in [6.07, 6.45) is -0.241. The van der Waals surface area contributed by atoms with E-state index in [0.717, 1.165) is 11.8 Å². The van der Waals surface area contributed by atoms with E-state index in [-0.39, 0.29) is 35.5 Å². The van der Waals surface area contributed by atoms with Gasteiger partial charge in [-0.1, -0.05) is 0 Å². The quantitative estimate of drug-likeness (QED) is 0.776. The lowest BCUT2D eigenvalue weighted by Gasteiger charge is -2.15. The highest BCUT2D eigenvalue weighted by molar-refractivity contribution is 6.13. The van der Waals surface area contributed by atoms with Gasteiger partial charge in [0.15, 0.2) is 0 Å². The maximum atomic E-state index is 12.2. The lowest BCUT2D eigenvalue weighted by Crippen LogP contribution is -2.45. The lowest BCUT2D eigenvalue weighted by atomic mass is 10.1. The normalized spacial score (nSPS) is 13.0. The average molecular weight is 309 g/mol. The van der Waals surface area contributed by atoms with Gasteiger partial charge >= 0.3 is 18.0 Å². The Labute approximate surface area is 125 Å². The zero-order valence-electron chi connectivity index (χ0n) is 12.3. The SMILES string of the molecule is CCOC(=O)c1c(C(=O)OC)c(C)n2c1CC(=O)N2C(N)=O. The van der Waals surface area contributed by atoms with E-state index in [0.29, 0.717) is 5.01 Å². The average Bonchev–Trinajstić information content (AvgIpc) is 2.92. The molecule has 1 aliphatic heterocycles. The van der Waals surface area contributed by atoms with E-state index in [9.17, 15) is 19.2 Å². The van der Waals surface area contributed by atoms with Crippen molar-refractivity contribution >= 4 is 23.9 Å². The maximum absolute atomic E-state index is 12.2. The van der Waals surface area contributed by atoms with Crippen molar-refractivity contribution in [1.29, 1.82) is 0 Å². The second-order valence-corrected chi connectivity index (χ2v) is 4.53. The second kappa shape index (κ2) is 5.51. The number of primary amides is 1. The molecule has 9 nitrogen and oxygen atoms in total. The molecule has 0 saturated heterocycles. The Bertz CT molecular complexity index is 690. The van der Waals surface area contributed by atoms with Gasteiger partial charge in [-0.05, 0) is 13.8 Å². The summed E-state index contributed by atoms with van der Waals surface area (Å²) in [4.78, 5) is 47.5. The molecule has 0 atom stereocenters. The number of hydrogen-bond acceptors (Lipinski definition) is 6. The number of methoxy groups -OCH3 is 1. The first-order chi connectivity index (χ1) is 10.3. The molecule has 9 heteroatoms. The minimum Gasteiger partial charge on any atom is -0.465 e. The minimum absolute atomic E-state index is 0.0466. The van der Waals surface area contributed by atoms with Gasteiger partial charge in [-0.2, -0.15) is 5.01 Å². The van der Waals surface area contributed by atoms with Gasteiger partial charge in [0.2, 0.25) is 0 Å². The van der Waals surface area contributed by atoms with Gasteiger partial charge in [0, 0.05) is 0 Å². The zero-order chi connectivity index (χ0) is 16.6. The number of urea groups is 1. The Morgan fingerprint density at radius 1 is 1.23 bits per heavy atom. The lowest BCUT2D eigenvalue weighted by molar-refractivity contribution is -0.117. The first-order valence-electron chi connectivity index (χ1n) is 6.47. The van der Waals surface area contributed by atoms with Crippen molar-refractivity contribution in [2.75, 3.05) is 18.7 Å². The highest BCUT2D eigenvalue weighted by Crippen LogP contribution is 2.29. The van der Waals surface area contributed by atoms with Gasteiger partial charge in [-0.15, -0.1) is 0 Å². The number of ether oxygens (including phenoxy) is 2. The zero-order valence-corrected chi connectivity index (χ0v) is 12.3. The minimum atomic E-state index is -1.01. The van der Waals surface area contributed by atoms with Crippen LogP contribution in [0.2, 0.25) is 0 Å². The van der Waals surface area contributed by atoms with Crippen LogP contribution < -0.4 is 10.7 Å². The van der Waals surface area contributed by atoms with Crippen LogP contribution >= 0.6 is 0 Å². The second-order valence-electron chi connectivity index (χ2n) is 4.53. The van der Waals surface area contributed by atoms with E-state index in [4.69, 9.17) is 10.5 Å². The summed E-state index contributed by atoms with van der Waals surface area (Å²) in [5, 5.41) is 0.680. The van der Waals surface area contributed by atoms with Crippen LogP contribution in [0.3, 0.4) is 0 Å². The van der Waals surface area contributed by atoms with Gasteiger partial charge in [-0.3, -0.25) is 4.79 Å². The van der Waals surface area contributed by atoms with Crippen LogP contribution in [-0.2, 0) is 20.7 Å². The van der Waals surface area contributed by atoms with Crippen LogP contribution in [0, 0.1) is 6.92 Å². The number of amides is 3. The third-order valence-corrected chi connectivity index (χ3v) is 3.31. The van der Waals surface area contributed by atoms with Gasteiger partial charge in [0.1, 0.15) is 0 Å². The topological polar surface area (TPSA) is 121 Å². The molecule has 0 saturated carbocycles. The highest BCUT2D eigenvalue weighted by atomic mass is 16.5. The van der Waals surface area contributed by atoms with Crippen LogP contribution in [-0.4, -0.2) is 42.3 Å². The Morgan fingerprint density at radius 2 is 1.86 bits per heavy atom. The van der Waals surface area contributed by atoms with Crippen molar-refractivity contribution in [1.82, 2.24) is 4.68 Å². The van der Waals surface area contributed by atoms with E-state index in [1.54, 1.807) is 6.92 Å². The molecule has 0 aliphatic carbocycles. The number of hydrogen-bond donors (Lipinski definition) is 1. The molecule has 0 aromatic carbocycles. The third-order valence-electron chi connectivity index (χ3n) is 3.31. The number of aromatic nitrogens is 1. The van der Waals surface area contributed by atoms with Gasteiger partial charge < -0.3 is 15.2 Å². The van der Waals surface area contributed by atoms with Gasteiger partial charge in [0.25, 0.3) is 5.91 Å².